The molecule has 80 valence electrons. The van der Waals surface area contributed by atoms with Crippen LogP contribution in [0.15, 0.2) is 0 Å². The highest BCUT2D eigenvalue weighted by Crippen LogP contribution is 2.25. The van der Waals surface area contributed by atoms with Crippen molar-refractivity contribution in [2.45, 2.75) is 52.1 Å². The quantitative estimate of drug-likeness (QED) is 0.788. The molecular formula is C9H19N5. The third-order valence-electron chi connectivity index (χ3n) is 2.94. The average molecular weight is 197 g/mol. The van der Waals surface area contributed by atoms with Crippen LogP contribution in [0.5, 0.6) is 0 Å². The Morgan fingerprint density at radius 1 is 1.43 bits per heavy atom. The highest BCUT2D eigenvalue weighted by Gasteiger charge is 2.27. The monoisotopic (exact) mass is 197 g/mol. The van der Waals surface area contributed by atoms with Crippen LogP contribution < -0.4 is 5.73 Å². The minimum Gasteiger partial charge on any atom is -0.322 e. The third-order valence-corrected chi connectivity index (χ3v) is 2.94. The second-order valence-corrected chi connectivity index (χ2v) is 3.94. The molecule has 1 aromatic rings. The fraction of sp³-hybridized carbons (Fsp3) is 0.889. The highest BCUT2D eigenvalue weighted by molar-refractivity contribution is 4.94. The minimum atomic E-state index is -0.123. The maximum absolute atomic E-state index is 5.80. The first-order valence-electron chi connectivity index (χ1n) is 5.09. The normalized spacial score (nSPS) is 14.4. The van der Waals surface area contributed by atoms with Crippen LogP contribution in [0.1, 0.15) is 52.4 Å². The Bertz CT molecular complexity index is 287. The number of nitrogens with two attached hydrogens (primary N) is 1. The first kappa shape index (κ1) is 11.1. The number of aromatic nitrogens is 4. The van der Waals surface area contributed by atoms with Crippen LogP contribution in [0, 0.1) is 0 Å². The van der Waals surface area contributed by atoms with Gasteiger partial charge in [0.25, 0.3) is 0 Å². The van der Waals surface area contributed by atoms with Crippen molar-refractivity contribution < 1.29 is 0 Å². The van der Waals surface area contributed by atoms with Gasteiger partial charge < -0.3 is 5.73 Å². The summed E-state index contributed by atoms with van der Waals surface area (Å²) in [5.74, 6) is 0.760. The van der Waals surface area contributed by atoms with Crippen molar-refractivity contribution in [1.82, 2.24) is 20.2 Å². The van der Waals surface area contributed by atoms with Gasteiger partial charge in [-0.1, -0.05) is 13.8 Å². The maximum Gasteiger partial charge on any atom is 0.168 e. The molecule has 1 unspecified atom stereocenters. The summed E-state index contributed by atoms with van der Waals surface area (Å²) in [7, 11) is 0. The summed E-state index contributed by atoms with van der Waals surface area (Å²) >= 11 is 0. The molecule has 1 atom stereocenters. The highest BCUT2D eigenvalue weighted by atomic mass is 15.6. The lowest BCUT2D eigenvalue weighted by atomic mass is 9.95. The van der Waals surface area contributed by atoms with Crippen molar-refractivity contribution in [1.29, 1.82) is 0 Å². The molecule has 0 spiro atoms. The summed E-state index contributed by atoms with van der Waals surface area (Å²) < 4.78 is 1.86. The molecule has 0 fully saturated rings. The fourth-order valence-electron chi connectivity index (χ4n) is 1.41. The van der Waals surface area contributed by atoms with Gasteiger partial charge in [-0.2, -0.15) is 0 Å². The molecule has 0 aromatic carbocycles. The number of nitrogens with zero attached hydrogens (tertiary/aromatic N) is 4. The van der Waals surface area contributed by atoms with Crippen molar-refractivity contribution in [2.75, 3.05) is 0 Å². The lowest BCUT2D eigenvalue weighted by Crippen LogP contribution is -2.33. The lowest BCUT2D eigenvalue weighted by Gasteiger charge is -2.28. The number of hydrogen-bond acceptors (Lipinski definition) is 4. The van der Waals surface area contributed by atoms with Gasteiger partial charge in [-0.15, -0.1) is 5.10 Å². The molecule has 1 heterocycles. The standard InChI is InChI=1S/C9H19N5/c1-5-9(4,6-2)14-8(7(3)10)11-12-13-14/h7H,5-6,10H2,1-4H3. The number of tetrazole rings is 1. The van der Waals surface area contributed by atoms with E-state index in [4.69, 9.17) is 5.73 Å². The molecule has 0 aliphatic rings. The van der Waals surface area contributed by atoms with Gasteiger partial charge in [-0.25, -0.2) is 4.68 Å². The molecule has 1 rings (SSSR count). The van der Waals surface area contributed by atoms with E-state index in [1.165, 1.54) is 0 Å². The molecule has 0 amide bonds. The van der Waals surface area contributed by atoms with E-state index in [0.29, 0.717) is 0 Å². The Balaban J connectivity index is 3.10. The second-order valence-electron chi connectivity index (χ2n) is 3.94. The van der Waals surface area contributed by atoms with Crippen LogP contribution in [-0.2, 0) is 5.54 Å². The summed E-state index contributed by atoms with van der Waals surface area (Å²) in [5.41, 5.74) is 5.78. The minimum absolute atomic E-state index is 0.0214. The molecule has 14 heavy (non-hydrogen) atoms. The molecule has 1 aromatic heterocycles. The zero-order chi connectivity index (χ0) is 10.8. The van der Waals surface area contributed by atoms with Crippen molar-refractivity contribution in [3.05, 3.63) is 5.82 Å². The van der Waals surface area contributed by atoms with Gasteiger partial charge in [0, 0.05) is 0 Å². The maximum atomic E-state index is 5.80. The SMILES string of the molecule is CCC(C)(CC)n1nnnc1C(C)N. The number of hydrogen-bond donors (Lipinski definition) is 1. The van der Waals surface area contributed by atoms with Crippen LogP contribution in [-0.4, -0.2) is 20.2 Å². The van der Waals surface area contributed by atoms with Crippen molar-refractivity contribution >= 4 is 0 Å². The van der Waals surface area contributed by atoms with Gasteiger partial charge in [-0.3, -0.25) is 0 Å². The Morgan fingerprint density at radius 2 is 2.00 bits per heavy atom. The predicted molar refractivity (Wildman–Crippen MR) is 54.6 cm³/mol. The largest absolute Gasteiger partial charge is 0.322 e. The molecule has 0 aliphatic heterocycles. The van der Waals surface area contributed by atoms with E-state index in [0.717, 1.165) is 18.7 Å². The second kappa shape index (κ2) is 4.04. The van der Waals surface area contributed by atoms with E-state index < -0.39 is 0 Å². The van der Waals surface area contributed by atoms with E-state index in [9.17, 15) is 0 Å². The Hall–Kier alpha value is -0.970. The van der Waals surface area contributed by atoms with Gasteiger partial charge in [0.05, 0.1) is 11.6 Å². The van der Waals surface area contributed by atoms with Crippen LogP contribution in [0.3, 0.4) is 0 Å². The van der Waals surface area contributed by atoms with Gasteiger partial charge in [0.15, 0.2) is 5.82 Å². The predicted octanol–water partition coefficient (Wildman–Crippen LogP) is 1.23. The zero-order valence-corrected chi connectivity index (χ0v) is 9.36. The average Bonchev–Trinajstić information content (AvgIpc) is 2.65. The molecule has 2 N–H and O–H groups in total. The van der Waals surface area contributed by atoms with E-state index in [-0.39, 0.29) is 11.6 Å². The summed E-state index contributed by atoms with van der Waals surface area (Å²) in [4.78, 5) is 0. The Labute approximate surface area is 84.7 Å². The van der Waals surface area contributed by atoms with Gasteiger partial charge in [0.2, 0.25) is 0 Å². The van der Waals surface area contributed by atoms with E-state index in [1.54, 1.807) is 0 Å². The lowest BCUT2D eigenvalue weighted by molar-refractivity contribution is 0.247. The fourth-order valence-corrected chi connectivity index (χ4v) is 1.41. The van der Waals surface area contributed by atoms with Gasteiger partial charge in [-0.05, 0) is 37.1 Å². The van der Waals surface area contributed by atoms with Crippen LogP contribution >= 0.6 is 0 Å². The first-order valence-corrected chi connectivity index (χ1v) is 5.09. The topological polar surface area (TPSA) is 69.6 Å². The Kier molecular flexibility index (Phi) is 3.21. The zero-order valence-electron chi connectivity index (χ0n) is 9.36. The van der Waals surface area contributed by atoms with Crippen molar-refractivity contribution in [2.24, 2.45) is 5.73 Å². The van der Waals surface area contributed by atoms with E-state index in [2.05, 4.69) is 36.3 Å². The van der Waals surface area contributed by atoms with Crippen molar-refractivity contribution in [3.8, 4) is 0 Å². The third kappa shape index (κ3) is 1.77. The van der Waals surface area contributed by atoms with Gasteiger partial charge in [0.1, 0.15) is 0 Å². The molecule has 0 radical (unpaired) electrons. The van der Waals surface area contributed by atoms with Crippen molar-refractivity contribution in [3.63, 3.8) is 0 Å². The molecule has 0 bridgehead atoms. The molecule has 0 aliphatic carbocycles. The van der Waals surface area contributed by atoms with E-state index in [1.807, 2.05) is 11.6 Å². The summed E-state index contributed by atoms with van der Waals surface area (Å²) in [5, 5.41) is 11.7. The van der Waals surface area contributed by atoms with Crippen LogP contribution in [0.25, 0.3) is 0 Å². The molecule has 0 saturated carbocycles. The smallest absolute Gasteiger partial charge is 0.168 e. The molecule has 5 heteroatoms. The van der Waals surface area contributed by atoms with Crippen LogP contribution in [0.2, 0.25) is 0 Å². The van der Waals surface area contributed by atoms with Gasteiger partial charge >= 0.3 is 0 Å². The summed E-state index contributed by atoms with van der Waals surface area (Å²) in [6.45, 7) is 8.31. The molecular weight excluding hydrogens is 178 g/mol. The summed E-state index contributed by atoms with van der Waals surface area (Å²) in [6, 6.07) is -0.123. The Morgan fingerprint density at radius 3 is 2.43 bits per heavy atom. The molecule has 5 nitrogen and oxygen atoms in total. The molecule has 0 saturated heterocycles. The van der Waals surface area contributed by atoms with E-state index >= 15 is 0 Å². The summed E-state index contributed by atoms with van der Waals surface area (Å²) in [6.07, 6.45) is 1.99. The van der Waals surface area contributed by atoms with Crippen LogP contribution in [0.4, 0.5) is 0 Å². The number of rotatable bonds is 4. The first-order chi connectivity index (χ1) is 6.55.